The Morgan fingerprint density at radius 3 is 2.75 bits per heavy atom. The summed E-state index contributed by atoms with van der Waals surface area (Å²) in [7, 11) is 0. The van der Waals surface area contributed by atoms with Crippen LogP contribution in [0.3, 0.4) is 0 Å². The first-order valence-corrected chi connectivity index (χ1v) is 6.34. The molecule has 2 aliphatic rings. The quantitative estimate of drug-likeness (QED) is 0.740. The minimum Gasteiger partial charge on any atom is -0.395 e. The van der Waals surface area contributed by atoms with Gasteiger partial charge in [-0.1, -0.05) is 0 Å². The summed E-state index contributed by atoms with van der Waals surface area (Å²) in [6, 6.07) is 1.05. The Kier molecular flexibility index (Phi) is 3.82. The Labute approximate surface area is 97.2 Å². The zero-order valence-electron chi connectivity index (χ0n) is 10.1. The topological polar surface area (TPSA) is 43.8 Å². The molecule has 0 bridgehead atoms. The van der Waals surface area contributed by atoms with Gasteiger partial charge in [-0.3, -0.25) is 9.69 Å². The first kappa shape index (κ1) is 11.9. The number of carbonyl (C=O) groups excluding carboxylic acids is 1. The van der Waals surface area contributed by atoms with Crippen LogP contribution in [0.25, 0.3) is 0 Å². The summed E-state index contributed by atoms with van der Waals surface area (Å²) >= 11 is 0. The van der Waals surface area contributed by atoms with Gasteiger partial charge in [-0.15, -0.1) is 0 Å². The highest BCUT2D eigenvalue weighted by Crippen LogP contribution is 2.28. The van der Waals surface area contributed by atoms with Gasteiger partial charge in [0.1, 0.15) is 0 Å². The molecule has 0 unspecified atom stereocenters. The van der Waals surface area contributed by atoms with Crippen molar-refractivity contribution in [2.45, 2.75) is 44.7 Å². The molecule has 1 atom stereocenters. The van der Waals surface area contributed by atoms with Crippen molar-refractivity contribution in [2.24, 2.45) is 0 Å². The highest BCUT2D eigenvalue weighted by molar-refractivity contribution is 5.73. The lowest BCUT2D eigenvalue weighted by Gasteiger charge is -2.30. The van der Waals surface area contributed by atoms with Crippen LogP contribution < -0.4 is 0 Å². The summed E-state index contributed by atoms with van der Waals surface area (Å²) in [5.41, 5.74) is 0. The molecule has 92 valence electrons. The lowest BCUT2D eigenvalue weighted by Crippen LogP contribution is -2.44. The van der Waals surface area contributed by atoms with E-state index in [1.54, 1.807) is 6.92 Å². The average Bonchev–Trinajstić information content (AvgIpc) is 2.98. The number of likely N-dealkylation sites (tertiary alicyclic amines) is 1. The van der Waals surface area contributed by atoms with Crippen LogP contribution in [-0.4, -0.2) is 59.1 Å². The highest BCUT2D eigenvalue weighted by atomic mass is 16.3. The first-order chi connectivity index (χ1) is 7.72. The maximum Gasteiger partial charge on any atom is 0.219 e. The third kappa shape index (κ3) is 2.74. The summed E-state index contributed by atoms with van der Waals surface area (Å²) in [6.45, 7) is 4.50. The van der Waals surface area contributed by atoms with Crippen LogP contribution >= 0.6 is 0 Å². The lowest BCUT2D eigenvalue weighted by atomic mass is 10.2. The van der Waals surface area contributed by atoms with Crippen LogP contribution in [0.4, 0.5) is 0 Å². The van der Waals surface area contributed by atoms with Gasteiger partial charge in [0.25, 0.3) is 0 Å². The number of hydrogen-bond acceptors (Lipinski definition) is 3. The predicted molar refractivity (Wildman–Crippen MR) is 62.1 cm³/mol. The first-order valence-electron chi connectivity index (χ1n) is 6.34. The molecule has 16 heavy (non-hydrogen) atoms. The molecular weight excluding hydrogens is 204 g/mol. The maximum atomic E-state index is 11.4. The van der Waals surface area contributed by atoms with Crippen molar-refractivity contribution in [2.75, 3.05) is 26.2 Å². The van der Waals surface area contributed by atoms with Crippen molar-refractivity contribution in [3.05, 3.63) is 0 Å². The maximum absolute atomic E-state index is 11.4. The monoisotopic (exact) mass is 226 g/mol. The smallest absolute Gasteiger partial charge is 0.219 e. The molecule has 1 N–H and O–H groups in total. The van der Waals surface area contributed by atoms with Gasteiger partial charge in [0.05, 0.1) is 6.61 Å². The van der Waals surface area contributed by atoms with Gasteiger partial charge in [-0.25, -0.2) is 0 Å². The van der Waals surface area contributed by atoms with Crippen molar-refractivity contribution in [3.63, 3.8) is 0 Å². The molecule has 2 rings (SSSR count). The van der Waals surface area contributed by atoms with E-state index in [0.29, 0.717) is 12.1 Å². The molecule has 1 heterocycles. The van der Waals surface area contributed by atoms with E-state index in [-0.39, 0.29) is 12.5 Å². The number of hydrogen-bond donors (Lipinski definition) is 1. The summed E-state index contributed by atoms with van der Waals surface area (Å²) in [5, 5.41) is 9.04. The van der Waals surface area contributed by atoms with Crippen molar-refractivity contribution in [1.29, 1.82) is 0 Å². The van der Waals surface area contributed by atoms with Gasteiger partial charge in [0.2, 0.25) is 5.91 Å². The number of nitrogens with zero attached hydrogens (tertiary/aromatic N) is 2. The summed E-state index contributed by atoms with van der Waals surface area (Å²) in [6.07, 6.45) is 4.76. The Morgan fingerprint density at radius 2 is 2.19 bits per heavy atom. The van der Waals surface area contributed by atoms with Gasteiger partial charge in [0, 0.05) is 38.6 Å². The molecule has 0 aromatic carbocycles. The fourth-order valence-electron chi connectivity index (χ4n) is 2.70. The van der Waals surface area contributed by atoms with Gasteiger partial charge in [-0.05, 0) is 25.7 Å². The number of aliphatic hydroxyl groups is 1. The van der Waals surface area contributed by atoms with Crippen molar-refractivity contribution >= 4 is 5.91 Å². The second-order valence-electron chi connectivity index (χ2n) is 4.96. The normalized spacial score (nSPS) is 25.4. The molecule has 1 saturated heterocycles. The van der Waals surface area contributed by atoms with Crippen molar-refractivity contribution in [3.8, 4) is 0 Å². The van der Waals surface area contributed by atoms with Crippen LogP contribution in [0.2, 0.25) is 0 Å². The fourth-order valence-corrected chi connectivity index (χ4v) is 2.70. The molecule has 0 aromatic rings. The molecule has 0 radical (unpaired) electrons. The third-order valence-electron chi connectivity index (χ3n) is 3.68. The molecule has 4 nitrogen and oxygen atoms in total. The van der Waals surface area contributed by atoms with E-state index in [4.69, 9.17) is 5.11 Å². The van der Waals surface area contributed by atoms with E-state index in [9.17, 15) is 4.79 Å². The second kappa shape index (κ2) is 5.15. The SMILES string of the molecule is CC(=O)N1CCC[C@@H]1CN(CCO)C1CC1. The predicted octanol–water partition coefficient (Wildman–Crippen LogP) is 0.454. The molecule has 1 aliphatic heterocycles. The van der Waals surface area contributed by atoms with Crippen LogP contribution in [0.1, 0.15) is 32.6 Å². The van der Waals surface area contributed by atoms with Gasteiger partial charge >= 0.3 is 0 Å². The molecule has 2 fully saturated rings. The number of rotatable bonds is 5. The summed E-state index contributed by atoms with van der Waals surface area (Å²) in [5.74, 6) is 0.197. The number of aliphatic hydroxyl groups excluding tert-OH is 1. The Morgan fingerprint density at radius 1 is 1.44 bits per heavy atom. The van der Waals surface area contributed by atoms with Crippen molar-refractivity contribution in [1.82, 2.24) is 9.80 Å². The minimum absolute atomic E-state index is 0.197. The fraction of sp³-hybridized carbons (Fsp3) is 0.917. The lowest BCUT2D eigenvalue weighted by molar-refractivity contribution is -0.130. The molecule has 1 aliphatic carbocycles. The van der Waals surface area contributed by atoms with E-state index < -0.39 is 0 Å². The zero-order chi connectivity index (χ0) is 11.5. The highest BCUT2D eigenvalue weighted by Gasteiger charge is 2.34. The van der Waals surface area contributed by atoms with E-state index in [1.165, 1.54) is 12.8 Å². The number of amides is 1. The average molecular weight is 226 g/mol. The summed E-state index contributed by atoms with van der Waals surface area (Å²) in [4.78, 5) is 15.8. The zero-order valence-corrected chi connectivity index (χ0v) is 10.1. The molecular formula is C12H22N2O2. The van der Waals surface area contributed by atoms with Gasteiger partial charge in [-0.2, -0.15) is 0 Å². The van der Waals surface area contributed by atoms with E-state index in [0.717, 1.165) is 32.5 Å². The molecule has 1 saturated carbocycles. The molecule has 0 spiro atoms. The van der Waals surface area contributed by atoms with Crippen LogP contribution in [0, 0.1) is 0 Å². The molecule has 0 aromatic heterocycles. The van der Waals surface area contributed by atoms with Crippen LogP contribution in [0.5, 0.6) is 0 Å². The van der Waals surface area contributed by atoms with Crippen LogP contribution in [-0.2, 0) is 4.79 Å². The molecule has 1 amide bonds. The Bertz CT molecular complexity index is 253. The van der Waals surface area contributed by atoms with Gasteiger partial charge < -0.3 is 10.0 Å². The van der Waals surface area contributed by atoms with E-state index >= 15 is 0 Å². The standard InChI is InChI=1S/C12H22N2O2/c1-10(16)14-6-2-3-12(14)9-13(7-8-15)11-4-5-11/h11-12,15H,2-9H2,1H3/t12-/m1/s1. The van der Waals surface area contributed by atoms with Crippen molar-refractivity contribution < 1.29 is 9.90 Å². The second-order valence-corrected chi connectivity index (χ2v) is 4.96. The van der Waals surface area contributed by atoms with Gasteiger partial charge in [0.15, 0.2) is 0 Å². The Hall–Kier alpha value is -0.610. The minimum atomic E-state index is 0.197. The Balaban J connectivity index is 1.88. The van der Waals surface area contributed by atoms with E-state index in [2.05, 4.69) is 4.90 Å². The van der Waals surface area contributed by atoms with E-state index in [1.807, 2.05) is 4.90 Å². The number of carbonyl (C=O) groups is 1. The third-order valence-corrected chi connectivity index (χ3v) is 3.68. The van der Waals surface area contributed by atoms with Crippen LogP contribution in [0.15, 0.2) is 0 Å². The molecule has 4 heteroatoms. The summed E-state index contributed by atoms with van der Waals surface area (Å²) < 4.78 is 0. The largest absolute Gasteiger partial charge is 0.395 e.